The smallest absolute Gasteiger partial charge is 0.389 e. The molecule has 0 bridgehead atoms. The third-order valence-electron chi connectivity index (χ3n) is 5.82. The van der Waals surface area contributed by atoms with Gasteiger partial charge in [-0.15, -0.1) is 0 Å². The lowest BCUT2D eigenvalue weighted by Gasteiger charge is -2.17. The quantitative estimate of drug-likeness (QED) is 0.406. The fourth-order valence-electron chi connectivity index (χ4n) is 3.84. The van der Waals surface area contributed by atoms with Gasteiger partial charge >= 0.3 is 6.18 Å². The Bertz CT molecular complexity index is 1030. The van der Waals surface area contributed by atoms with E-state index in [2.05, 4.69) is 22.4 Å². The molecule has 0 spiro atoms. The predicted octanol–water partition coefficient (Wildman–Crippen LogP) is 5.72. The van der Waals surface area contributed by atoms with Crippen LogP contribution in [-0.2, 0) is 12.0 Å². The highest BCUT2D eigenvalue weighted by molar-refractivity contribution is 5.62. The van der Waals surface area contributed by atoms with Crippen molar-refractivity contribution < 1.29 is 17.9 Å². The number of aryl methyl sites for hydroxylation is 1. The first-order chi connectivity index (χ1) is 15.4. The number of rotatable bonds is 10. The average Bonchev–Trinajstić information content (AvgIpc) is 3.46. The molecule has 0 radical (unpaired) electrons. The fraction of sp³-hybridized carbons (Fsp3) is 0.417. The molecule has 0 unspecified atom stereocenters. The number of aromatic nitrogens is 3. The maximum atomic E-state index is 12.3. The monoisotopic (exact) mass is 444 g/mol. The lowest BCUT2D eigenvalue weighted by Crippen LogP contribution is -2.28. The molecule has 0 saturated heterocycles. The highest BCUT2D eigenvalue weighted by Gasteiger charge is 2.43. The third kappa shape index (κ3) is 5.48. The molecule has 5 nitrogen and oxygen atoms in total. The molecule has 1 N–H and O–H groups in total. The van der Waals surface area contributed by atoms with Gasteiger partial charge in [0.1, 0.15) is 5.75 Å². The SMILES string of the molecule is CCn1nc(-c2cccc(C3(CNCCCC(F)(F)F)CC3)c2)cc1Oc1ccncc1. The second-order valence-corrected chi connectivity index (χ2v) is 8.23. The van der Waals surface area contributed by atoms with E-state index in [1.165, 1.54) is 5.56 Å². The highest BCUT2D eigenvalue weighted by atomic mass is 19.4. The minimum atomic E-state index is -4.09. The molecule has 1 fully saturated rings. The molecule has 170 valence electrons. The summed E-state index contributed by atoms with van der Waals surface area (Å²) < 4.78 is 44.8. The summed E-state index contributed by atoms with van der Waals surface area (Å²) in [6.45, 7) is 3.74. The Kier molecular flexibility index (Phi) is 6.50. The van der Waals surface area contributed by atoms with Crippen LogP contribution in [0.25, 0.3) is 11.3 Å². The molecule has 0 atom stereocenters. The number of hydrogen-bond acceptors (Lipinski definition) is 4. The molecule has 0 aliphatic heterocycles. The number of alkyl halides is 3. The Morgan fingerprint density at radius 2 is 1.91 bits per heavy atom. The van der Waals surface area contributed by atoms with Crippen LogP contribution in [0.5, 0.6) is 11.6 Å². The molecule has 8 heteroatoms. The molecule has 2 aromatic heterocycles. The van der Waals surface area contributed by atoms with Crippen LogP contribution in [0.4, 0.5) is 13.2 Å². The van der Waals surface area contributed by atoms with E-state index in [0.717, 1.165) is 24.1 Å². The van der Waals surface area contributed by atoms with Gasteiger partial charge in [-0.05, 0) is 56.5 Å². The molecule has 1 aliphatic carbocycles. The number of nitrogens with zero attached hydrogens (tertiary/aromatic N) is 3. The summed E-state index contributed by atoms with van der Waals surface area (Å²) in [5.74, 6) is 1.36. The summed E-state index contributed by atoms with van der Waals surface area (Å²) in [6.07, 6.45) is 0.693. The maximum absolute atomic E-state index is 12.3. The molecule has 0 amide bonds. The second-order valence-electron chi connectivity index (χ2n) is 8.23. The van der Waals surface area contributed by atoms with Gasteiger partial charge in [0, 0.05) is 48.9 Å². The lowest BCUT2D eigenvalue weighted by molar-refractivity contribution is -0.135. The van der Waals surface area contributed by atoms with Gasteiger partial charge in [0.25, 0.3) is 0 Å². The Morgan fingerprint density at radius 1 is 1.12 bits per heavy atom. The van der Waals surface area contributed by atoms with Crippen molar-refractivity contribution >= 4 is 0 Å². The van der Waals surface area contributed by atoms with E-state index >= 15 is 0 Å². The van der Waals surface area contributed by atoms with Gasteiger partial charge in [-0.2, -0.15) is 18.3 Å². The van der Waals surface area contributed by atoms with E-state index in [9.17, 15) is 13.2 Å². The first kappa shape index (κ1) is 22.3. The van der Waals surface area contributed by atoms with Crippen LogP contribution >= 0.6 is 0 Å². The van der Waals surface area contributed by atoms with Crippen molar-refractivity contribution in [1.29, 1.82) is 0 Å². The van der Waals surface area contributed by atoms with Gasteiger partial charge < -0.3 is 10.1 Å². The first-order valence-electron chi connectivity index (χ1n) is 10.9. The zero-order valence-corrected chi connectivity index (χ0v) is 18.0. The molecule has 3 aromatic rings. The molecular weight excluding hydrogens is 417 g/mol. The minimum absolute atomic E-state index is 0.00205. The zero-order chi connectivity index (χ0) is 22.6. The summed E-state index contributed by atoms with van der Waals surface area (Å²) in [7, 11) is 0. The summed E-state index contributed by atoms with van der Waals surface area (Å²) in [5, 5.41) is 7.93. The Balaban J connectivity index is 1.45. The second kappa shape index (κ2) is 9.32. The van der Waals surface area contributed by atoms with Gasteiger partial charge in [0.05, 0.1) is 5.69 Å². The number of benzene rings is 1. The van der Waals surface area contributed by atoms with Gasteiger partial charge in [-0.25, -0.2) is 4.68 Å². The van der Waals surface area contributed by atoms with Gasteiger partial charge in [0.15, 0.2) is 0 Å². The Morgan fingerprint density at radius 3 is 2.59 bits per heavy atom. The predicted molar refractivity (Wildman–Crippen MR) is 117 cm³/mol. The van der Waals surface area contributed by atoms with E-state index < -0.39 is 12.6 Å². The highest BCUT2D eigenvalue weighted by Crippen LogP contribution is 2.48. The number of hydrogen-bond donors (Lipinski definition) is 1. The van der Waals surface area contributed by atoms with Crippen molar-refractivity contribution in [2.24, 2.45) is 0 Å². The van der Waals surface area contributed by atoms with Crippen LogP contribution in [0.2, 0.25) is 0 Å². The summed E-state index contributed by atoms with van der Waals surface area (Å²) >= 11 is 0. The number of nitrogens with one attached hydrogen (secondary N) is 1. The Hall–Kier alpha value is -2.87. The van der Waals surface area contributed by atoms with Crippen LogP contribution in [0.1, 0.15) is 38.2 Å². The van der Waals surface area contributed by atoms with Crippen molar-refractivity contribution in [2.75, 3.05) is 13.1 Å². The molecule has 2 heterocycles. The minimum Gasteiger partial charge on any atom is -0.439 e. The van der Waals surface area contributed by atoms with Crippen LogP contribution in [0, 0.1) is 0 Å². The standard InChI is InChI=1S/C24H27F3N4O/c1-2-31-22(32-20-7-13-28-14-8-20)16-21(30-31)18-5-3-6-19(15-18)23(10-11-23)17-29-12-4-9-24(25,26)27/h3,5-8,13-16,29H,2,4,9-12,17H2,1H3. The van der Waals surface area contributed by atoms with E-state index in [4.69, 9.17) is 9.84 Å². The maximum Gasteiger partial charge on any atom is 0.389 e. The third-order valence-corrected chi connectivity index (χ3v) is 5.82. The van der Waals surface area contributed by atoms with Crippen LogP contribution in [-0.4, -0.2) is 34.0 Å². The van der Waals surface area contributed by atoms with Crippen molar-refractivity contribution in [3.63, 3.8) is 0 Å². The van der Waals surface area contributed by atoms with E-state index in [1.807, 2.05) is 29.8 Å². The fourth-order valence-corrected chi connectivity index (χ4v) is 3.84. The topological polar surface area (TPSA) is 52.0 Å². The number of halogens is 3. The summed E-state index contributed by atoms with van der Waals surface area (Å²) in [4.78, 5) is 4.01. The van der Waals surface area contributed by atoms with Gasteiger partial charge in [0.2, 0.25) is 5.88 Å². The summed E-state index contributed by atoms with van der Waals surface area (Å²) in [5.41, 5.74) is 3.02. The van der Waals surface area contributed by atoms with Crippen molar-refractivity contribution in [1.82, 2.24) is 20.1 Å². The van der Waals surface area contributed by atoms with Crippen molar-refractivity contribution in [2.45, 2.75) is 50.7 Å². The number of ether oxygens (including phenoxy) is 1. The van der Waals surface area contributed by atoms with E-state index in [-0.39, 0.29) is 11.8 Å². The molecule has 1 aliphatic rings. The Labute approximate surface area is 185 Å². The molecule has 1 saturated carbocycles. The normalized spacial score (nSPS) is 15.0. The van der Waals surface area contributed by atoms with Gasteiger partial charge in [-0.1, -0.05) is 18.2 Å². The molecular formula is C24H27F3N4O. The van der Waals surface area contributed by atoms with E-state index in [0.29, 0.717) is 31.3 Å². The largest absolute Gasteiger partial charge is 0.439 e. The van der Waals surface area contributed by atoms with Crippen molar-refractivity contribution in [3.05, 3.63) is 60.4 Å². The average molecular weight is 445 g/mol. The molecule has 32 heavy (non-hydrogen) atoms. The molecule has 4 rings (SSSR count). The van der Waals surface area contributed by atoms with Crippen LogP contribution in [0.15, 0.2) is 54.9 Å². The van der Waals surface area contributed by atoms with Crippen LogP contribution < -0.4 is 10.1 Å². The zero-order valence-electron chi connectivity index (χ0n) is 18.0. The first-order valence-corrected chi connectivity index (χ1v) is 10.9. The van der Waals surface area contributed by atoms with Crippen LogP contribution in [0.3, 0.4) is 0 Å². The van der Waals surface area contributed by atoms with Gasteiger partial charge in [-0.3, -0.25) is 4.98 Å². The lowest BCUT2D eigenvalue weighted by atomic mass is 9.93. The van der Waals surface area contributed by atoms with E-state index in [1.54, 1.807) is 24.5 Å². The van der Waals surface area contributed by atoms with Crippen molar-refractivity contribution in [3.8, 4) is 22.9 Å². The molecule has 1 aromatic carbocycles. The number of pyridine rings is 1. The summed E-state index contributed by atoms with van der Waals surface area (Å²) in [6, 6.07) is 13.8.